The Bertz CT molecular complexity index is 1610. The molecule has 2 aliphatic rings. The van der Waals surface area contributed by atoms with Crippen molar-refractivity contribution in [1.82, 2.24) is 19.7 Å². The minimum atomic E-state index is -0.528. The Kier molecular flexibility index (Phi) is 8.63. The molecule has 3 aromatic rings. The molecule has 0 unspecified atom stereocenters. The summed E-state index contributed by atoms with van der Waals surface area (Å²) in [6.07, 6.45) is 2.68. The number of piperazine rings is 1. The molecule has 44 heavy (non-hydrogen) atoms. The Morgan fingerprint density at radius 1 is 0.909 bits per heavy atom. The van der Waals surface area contributed by atoms with Gasteiger partial charge in [0.25, 0.3) is 5.91 Å². The average Bonchev–Trinajstić information content (AvgIpc) is 3.43. The largest absolute Gasteiger partial charge is 0.496 e. The van der Waals surface area contributed by atoms with Crippen molar-refractivity contribution in [1.29, 1.82) is 0 Å². The number of carbonyl (C=O) groups is 3. The van der Waals surface area contributed by atoms with Crippen LogP contribution in [0.15, 0.2) is 42.5 Å². The number of rotatable bonds is 5. The number of methoxy groups -OCH3 is 1. The zero-order chi connectivity index (χ0) is 31.8. The van der Waals surface area contributed by atoms with Gasteiger partial charge in [-0.05, 0) is 63.1 Å². The van der Waals surface area contributed by atoms with E-state index in [4.69, 9.17) is 9.47 Å². The van der Waals surface area contributed by atoms with Crippen molar-refractivity contribution in [3.63, 3.8) is 0 Å². The van der Waals surface area contributed by atoms with Gasteiger partial charge in [-0.3, -0.25) is 9.59 Å². The van der Waals surface area contributed by atoms with Crippen molar-refractivity contribution >= 4 is 40.1 Å². The Morgan fingerprint density at radius 2 is 1.64 bits per heavy atom. The number of fused-ring (bicyclic) bond motifs is 1. The highest BCUT2D eigenvalue weighted by atomic mass is 16.6. The van der Waals surface area contributed by atoms with E-state index in [1.54, 1.807) is 37.9 Å². The van der Waals surface area contributed by atoms with Gasteiger partial charge in [0.1, 0.15) is 11.4 Å². The molecule has 3 heterocycles. The molecule has 10 nitrogen and oxygen atoms in total. The van der Waals surface area contributed by atoms with Crippen LogP contribution in [-0.2, 0) is 9.53 Å². The van der Waals surface area contributed by atoms with Crippen molar-refractivity contribution in [2.75, 3.05) is 65.4 Å². The maximum Gasteiger partial charge on any atom is 0.410 e. The SMILES string of the molecule is COc1cc(N2CCN(C(=O)OC(C)(C)C)CC2)ccc1-c1cc(C(=O)N(C)C)cc2cc(C3=CCCN(C(C)=O)C3)[nH]c12. The molecule has 1 aromatic heterocycles. The van der Waals surface area contributed by atoms with Gasteiger partial charge in [-0.25, -0.2) is 4.79 Å². The standard InChI is InChI=1S/C34H43N5O5/c1-22(40)39-12-8-9-23(21-39)29-19-24-17-25(32(41)36(5)6)18-28(31(24)35-29)27-11-10-26(20-30(27)43-7)37-13-15-38(16-14-37)33(42)44-34(2,3)4/h9-11,17-20,35H,8,12-16,21H2,1-7H3. The zero-order valence-corrected chi connectivity index (χ0v) is 26.8. The Balaban J connectivity index is 1.48. The third-order valence-corrected chi connectivity index (χ3v) is 8.10. The number of aromatic amines is 1. The lowest BCUT2D eigenvalue weighted by Crippen LogP contribution is -2.50. The lowest BCUT2D eigenvalue weighted by molar-refractivity contribution is -0.128. The van der Waals surface area contributed by atoms with E-state index in [0.29, 0.717) is 50.6 Å². The summed E-state index contributed by atoms with van der Waals surface area (Å²) in [6, 6.07) is 12.0. The molecule has 0 spiro atoms. The lowest BCUT2D eigenvalue weighted by atomic mass is 9.98. The van der Waals surface area contributed by atoms with E-state index < -0.39 is 5.60 Å². The number of benzene rings is 2. The number of anilines is 1. The molecule has 1 saturated heterocycles. The minimum absolute atomic E-state index is 0.0577. The fourth-order valence-corrected chi connectivity index (χ4v) is 5.79. The van der Waals surface area contributed by atoms with Crippen molar-refractivity contribution in [2.45, 2.75) is 39.7 Å². The Morgan fingerprint density at radius 3 is 2.27 bits per heavy atom. The van der Waals surface area contributed by atoms with Crippen molar-refractivity contribution in [3.8, 4) is 16.9 Å². The second kappa shape index (κ2) is 12.3. The van der Waals surface area contributed by atoms with Crippen molar-refractivity contribution in [2.24, 2.45) is 0 Å². The fraction of sp³-hybridized carbons (Fsp3) is 0.441. The van der Waals surface area contributed by atoms with Crippen LogP contribution in [0.1, 0.15) is 50.2 Å². The number of nitrogens with one attached hydrogen (secondary N) is 1. The highest BCUT2D eigenvalue weighted by molar-refractivity contribution is 6.05. The summed E-state index contributed by atoms with van der Waals surface area (Å²) >= 11 is 0. The maximum absolute atomic E-state index is 13.1. The first-order chi connectivity index (χ1) is 20.8. The van der Waals surface area contributed by atoms with E-state index in [9.17, 15) is 14.4 Å². The van der Waals surface area contributed by atoms with E-state index in [-0.39, 0.29) is 17.9 Å². The summed E-state index contributed by atoms with van der Waals surface area (Å²) in [6.45, 7) is 10.9. The number of amides is 3. The van der Waals surface area contributed by atoms with Gasteiger partial charge in [0.15, 0.2) is 0 Å². The molecule has 234 valence electrons. The van der Waals surface area contributed by atoms with Gasteiger partial charge >= 0.3 is 6.09 Å². The van der Waals surface area contributed by atoms with Crippen molar-refractivity contribution in [3.05, 3.63) is 53.7 Å². The van der Waals surface area contributed by atoms with Crippen LogP contribution in [0, 0.1) is 0 Å². The molecule has 3 amide bonds. The molecular formula is C34H43N5O5. The maximum atomic E-state index is 13.1. The first kappa shape index (κ1) is 31.0. The molecular weight excluding hydrogens is 558 g/mol. The average molecular weight is 602 g/mol. The number of ether oxygens (including phenoxy) is 2. The Labute approximate surface area is 259 Å². The topological polar surface area (TPSA) is 98.4 Å². The Hall–Kier alpha value is -4.47. The lowest BCUT2D eigenvalue weighted by Gasteiger charge is -2.37. The number of nitrogens with zero attached hydrogens (tertiary/aromatic N) is 4. The van der Waals surface area contributed by atoms with Gasteiger partial charge in [-0.1, -0.05) is 6.08 Å². The first-order valence-electron chi connectivity index (χ1n) is 15.1. The highest BCUT2D eigenvalue weighted by Crippen LogP contribution is 2.39. The van der Waals surface area contributed by atoms with Crippen LogP contribution in [0.25, 0.3) is 27.6 Å². The van der Waals surface area contributed by atoms with Crippen molar-refractivity contribution < 1.29 is 23.9 Å². The molecule has 1 fully saturated rings. The third-order valence-electron chi connectivity index (χ3n) is 8.10. The van der Waals surface area contributed by atoms with Crippen LogP contribution in [0.3, 0.4) is 0 Å². The van der Waals surface area contributed by atoms with Gasteiger partial charge in [-0.15, -0.1) is 0 Å². The molecule has 1 N–H and O–H groups in total. The molecule has 0 saturated carbocycles. The smallest absolute Gasteiger partial charge is 0.410 e. The third kappa shape index (κ3) is 6.54. The molecule has 0 aliphatic carbocycles. The first-order valence-corrected chi connectivity index (χ1v) is 15.1. The van der Waals surface area contributed by atoms with Crippen LogP contribution in [0.5, 0.6) is 5.75 Å². The molecule has 2 aromatic carbocycles. The van der Waals surface area contributed by atoms with E-state index in [1.807, 2.05) is 49.9 Å². The number of hydrogen-bond acceptors (Lipinski definition) is 6. The van der Waals surface area contributed by atoms with Crippen LogP contribution in [0.4, 0.5) is 10.5 Å². The minimum Gasteiger partial charge on any atom is -0.496 e. The van der Waals surface area contributed by atoms with Crippen LogP contribution in [-0.4, -0.2) is 104 Å². The number of hydrogen-bond donors (Lipinski definition) is 1. The number of aromatic nitrogens is 1. The molecule has 2 aliphatic heterocycles. The van der Waals surface area contributed by atoms with Crippen LogP contribution >= 0.6 is 0 Å². The zero-order valence-electron chi connectivity index (χ0n) is 26.8. The van der Waals surface area contributed by atoms with Crippen LogP contribution in [0.2, 0.25) is 0 Å². The summed E-state index contributed by atoms with van der Waals surface area (Å²) in [4.78, 5) is 48.8. The predicted molar refractivity (Wildman–Crippen MR) is 173 cm³/mol. The summed E-state index contributed by atoms with van der Waals surface area (Å²) in [7, 11) is 5.14. The molecule has 0 radical (unpaired) electrons. The van der Waals surface area contributed by atoms with E-state index in [0.717, 1.165) is 45.4 Å². The second-order valence-electron chi connectivity index (χ2n) is 12.7. The molecule has 10 heteroatoms. The normalized spacial score (nSPS) is 15.7. The monoisotopic (exact) mass is 601 g/mol. The van der Waals surface area contributed by atoms with Gasteiger partial charge in [0.2, 0.25) is 5.91 Å². The summed E-state index contributed by atoms with van der Waals surface area (Å²) < 4.78 is 11.5. The number of H-pyrrole nitrogens is 1. The van der Waals surface area contributed by atoms with E-state index >= 15 is 0 Å². The van der Waals surface area contributed by atoms with Gasteiger partial charge < -0.3 is 34.1 Å². The molecule has 0 bridgehead atoms. The second-order valence-corrected chi connectivity index (χ2v) is 12.7. The quantitative estimate of drug-likeness (QED) is 0.430. The summed E-state index contributed by atoms with van der Waals surface area (Å²) in [5, 5.41) is 0.910. The molecule has 0 atom stereocenters. The van der Waals surface area contributed by atoms with Crippen LogP contribution < -0.4 is 9.64 Å². The highest BCUT2D eigenvalue weighted by Gasteiger charge is 2.27. The fourth-order valence-electron chi connectivity index (χ4n) is 5.79. The predicted octanol–water partition coefficient (Wildman–Crippen LogP) is 5.24. The number of carbonyl (C=O) groups excluding carboxylic acids is 3. The van der Waals surface area contributed by atoms with Gasteiger partial charge in [0, 0.05) is 99.8 Å². The summed E-state index contributed by atoms with van der Waals surface area (Å²) in [5.41, 5.74) is 5.65. The molecule has 5 rings (SSSR count). The van der Waals surface area contributed by atoms with Gasteiger partial charge in [0.05, 0.1) is 12.6 Å². The van der Waals surface area contributed by atoms with E-state index in [1.165, 1.54) is 0 Å². The van der Waals surface area contributed by atoms with E-state index in [2.05, 4.69) is 28.1 Å². The van der Waals surface area contributed by atoms with Gasteiger partial charge in [-0.2, -0.15) is 0 Å². The summed E-state index contributed by atoms with van der Waals surface area (Å²) in [5.74, 6) is 0.653.